The van der Waals surface area contributed by atoms with E-state index < -0.39 is 36.6 Å². The summed E-state index contributed by atoms with van der Waals surface area (Å²) in [7, 11) is 1.09. The molecule has 0 unspecified atom stereocenters. The largest absolute Gasteiger partial charge is 0.464 e. The zero-order chi connectivity index (χ0) is 15.8. The van der Waals surface area contributed by atoms with Gasteiger partial charge in [0.25, 0.3) is 0 Å². The van der Waals surface area contributed by atoms with Gasteiger partial charge in [-0.3, -0.25) is 5.43 Å². The van der Waals surface area contributed by atoms with E-state index in [1.165, 1.54) is 0 Å². The number of esters is 1. The summed E-state index contributed by atoms with van der Waals surface area (Å²) in [5.41, 5.74) is 2.54. The number of carbonyl (C=O) groups excluding carboxylic acids is 1. The third-order valence-electron chi connectivity index (χ3n) is 2.66. The van der Waals surface area contributed by atoms with E-state index in [0.717, 1.165) is 7.11 Å². The molecule has 0 amide bonds. The number of rotatable bonds is 7. The highest BCUT2D eigenvalue weighted by Gasteiger charge is 2.33. The molecule has 0 saturated heterocycles. The van der Waals surface area contributed by atoms with Crippen molar-refractivity contribution < 1.29 is 30.0 Å². The fourth-order valence-electron chi connectivity index (χ4n) is 1.45. The van der Waals surface area contributed by atoms with E-state index in [1.807, 2.05) is 0 Å². The van der Waals surface area contributed by atoms with Crippen molar-refractivity contribution in [3.05, 3.63) is 30.3 Å². The summed E-state index contributed by atoms with van der Waals surface area (Å²) in [5, 5.41) is 41.2. The van der Waals surface area contributed by atoms with Gasteiger partial charge >= 0.3 is 5.97 Å². The molecule has 0 spiro atoms. The second kappa shape index (κ2) is 8.32. The van der Waals surface area contributed by atoms with Crippen molar-refractivity contribution in [3.63, 3.8) is 0 Å². The number of aliphatic hydroxyl groups is 4. The number of hydrogen-bond donors (Lipinski definition) is 5. The molecule has 0 aromatic heterocycles. The Labute approximate surface area is 121 Å². The van der Waals surface area contributed by atoms with Crippen LogP contribution in [0.2, 0.25) is 0 Å². The molecule has 0 radical (unpaired) electrons. The molecular formula is C13H18N2O6. The number of ether oxygens (including phenoxy) is 1. The minimum atomic E-state index is -1.82. The highest BCUT2D eigenvalue weighted by molar-refractivity contribution is 6.38. The number of hydrogen-bond acceptors (Lipinski definition) is 8. The molecule has 8 heteroatoms. The zero-order valence-corrected chi connectivity index (χ0v) is 11.4. The Bertz CT molecular complexity index is 479. The number of nitrogens with zero attached hydrogens (tertiary/aromatic N) is 1. The maximum absolute atomic E-state index is 11.6. The Balaban J connectivity index is 2.92. The van der Waals surface area contributed by atoms with E-state index in [9.17, 15) is 20.1 Å². The number of nitrogens with one attached hydrogen (secondary N) is 1. The van der Waals surface area contributed by atoms with Crippen LogP contribution in [0, 0.1) is 0 Å². The predicted molar refractivity (Wildman–Crippen MR) is 74.6 cm³/mol. The molecule has 0 heterocycles. The SMILES string of the molecule is COC(=O)/C(=N\Nc1ccccc1)[C@H](O)[C@H](O)[C@H](O)CO. The summed E-state index contributed by atoms with van der Waals surface area (Å²) in [4.78, 5) is 11.6. The van der Waals surface area contributed by atoms with E-state index in [-0.39, 0.29) is 0 Å². The Morgan fingerprint density at radius 1 is 1.29 bits per heavy atom. The maximum atomic E-state index is 11.6. The molecule has 1 rings (SSSR count). The molecule has 1 aromatic rings. The van der Waals surface area contributed by atoms with Gasteiger partial charge in [0.1, 0.15) is 18.3 Å². The number of carbonyl (C=O) groups is 1. The summed E-state index contributed by atoms with van der Waals surface area (Å²) in [6.07, 6.45) is -5.23. The summed E-state index contributed by atoms with van der Waals surface area (Å²) < 4.78 is 4.46. The second-order valence-electron chi connectivity index (χ2n) is 4.15. The molecule has 5 N–H and O–H groups in total. The van der Waals surface area contributed by atoms with Gasteiger partial charge < -0.3 is 25.2 Å². The van der Waals surface area contributed by atoms with Crippen molar-refractivity contribution in [1.29, 1.82) is 0 Å². The number of methoxy groups -OCH3 is 1. The molecule has 0 aliphatic carbocycles. The molecule has 3 atom stereocenters. The van der Waals surface area contributed by atoms with Gasteiger partial charge in [-0.15, -0.1) is 0 Å². The lowest BCUT2D eigenvalue weighted by atomic mass is 10.0. The monoisotopic (exact) mass is 298 g/mol. The van der Waals surface area contributed by atoms with Crippen LogP contribution < -0.4 is 5.43 Å². The van der Waals surface area contributed by atoms with Gasteiger partial charge in [0.05, 0.1) is 19.4 Å². The van der Waals surface area contributed by atoms with Crippen LogP contribution in [0.15, 0.2) is 35.4 Å². The van der Waals surface area contributed by atoms with Crippen molar-refractivity contribution in [2.75, 3.05) is 19.1 Å². The number of hydrazone groups is 1. The lowest BCUT2D eigenvalue weighted by Crippen LogP contribution is -2.46. The van der Waals surface area contributed by atoms with Gasteiger partial charge in [0.15, 0.2) is 5.71 Å². The van der Waals surface area contributed by atoms with Crippen molar-refractivity contribution in [3.8, 4) is 0 Å². The quantitative estimate of drug-likeness (QED) is 0.240. The van der Waals surface area contributed by atoms with Crippen LogP contribution in [0.25, 0.3) is 0 Å². The second-order valence-corrected chi connectivity index (χ2v) is 4.15. The molecule has 0 aliphatic heterocycles. The normalized spacial score (nSPS) is 16.0. The number of benzene rings is 1. The summed E-state index contributed by atoms with van der Waals surface area (Å²) in [5.74, 6) is -0.977. The molecule has 8 nitrogen and oxygen atoms in total. The van der Waals surface area contributed by atoms with Crippen LogP contribution in [0.5, 0.6) is 0 Å². The lowest BCUT2D eigenvalue weighted by molar-refractivity contribution is -0.134. The highest BCUT2D eigenvalue weighted by Crippen LogP contribution is 2.08. The highest BCUT2D eigenvalue weighted by atomic mass is 16.5. The van der Waals surface area contributed by atoms with E-state index in [4.69, 9.17) is 5.11 Å². The van der Waals surface area contributed by atoms with Crippen molar-refractivity contribution in [2.45, 2.75) is 18.3 Å². The molecule has 116 valence electrons. The van der Waals surface area contributed by atoms with Crippen molar-refractivity contribution in [1.82, 2.24) is 0 Å². The van der Waals surface area contributed by atoms with Crippen LogP contribution >= 0.6 is 0 Å². The van der Waals surface area contributed by atoms with Gasteiger partial charge in [-0.25, -0.2) is 4.79 Å². The molecule has 1 aromatic carbocycles. The van der Waals surface area contributed by atoms with Crippen LogP contribution in [0.1, 0.15) is 0 Å². The van der Waals surface area contributed by atoms with E-state index >= 15 is 0 Å². The predicted octanol–water partition coefficient (Wildman–Crippen LogP) is -1.30. The average Bonchev–Trinajstić information content (AvgIpc) is 2.53. The van der Waals surface area contributed by atoms with Crippen molar-refractivity contribution >= 4 is 17.4 Å². The maximum Gasteiger partial charge on any atom is 0.357 e. The molecule has 0 aliphatic rings. The van der Waals surface area contributed by atoms with Gasteiger partial charge in [-0.2, -0.15) is 5.10 Å². The molecule has 21 heavy (non-hydrogen) atoms. The Morgan fingerprint density at radius 2 is 1.90 bits per heavy atom. The van der Waals surface area contributed by atoms with Crippen LogP contribution in [-0.2, 0) is 9.53 Å². The van der Waals surface area contributed by atoms with Gasteiger partial charge in [-0.1, -0.05) is 18.2 Å². The summed E-state index contributed by atoms with van der Waals surface area (Å²) in [6, 6.07) is 8.59. The molecular weight excluding hydrogens is 280 g/mol. The van der Waals surface area contributed by atoms with Gasteiger partial charge in [0.2, 0.25) is 0 Å². The lowest BCUT2D eigenvalue weighted by Gasteiger charge is -2.21. The molecule has 0 saturated carbocycles. The van der Waals surface area contributed by atoms with Crippen LogP contribution in [0.3, 0.4) is 0 Å². The Morgan fingerprint density at radius 3 is 2.43 bits per heavy atom. The first-order valence-corrected chi connectivity index (χ1v) is 6.13. The number of anilines is 1. The molecule has 0 fully saturated rings. The zero-order valence-electron chi connectivity index (χ0n) is 11.4. The summed E-state index contributed by atoms with van der Waals surface area (Å²) in [6.45, 7) is -0.779. The van der Waals surface area contributed by atoms with Crippen molar-refractivity contribution in [2.24, 2.45) is 5.10 Å². The Kier molecular flexibility index (Phi) is 6.76. The minimum Gasteiger partial charge on any atom is -0.464 e. The fourth-order valence-corrected chi connectivity index (χ4v) is 1.45. The first-order valence-electron chi connectivity index (χ1n) is 6.13. The standard InChI is InChI=1S/C13H18N2O6/c1-21-13(20)10(12(19)11(18)9(17)7-16)15-14-8-5-3-2-4-6-8/h2-6,9,11-12,14,16-19H,7H2,1H3/b15-10-/t9-,11-,12+/m1/s1. The van der Waals surface area contributed by atoms with Gasteiger partial charge in [-0.05, 0) is 12.1 Å². The first-order chi connectivity index (χ1) is 10.0. The topological polar surface area (TPSA) is 132 Å². The molecule has 0 bridgehead atoms. The van der Waals surface area contributed by atoms with E-state index in [2.05, 4.69) is 15.3 Å². The minimum absolute atomic E-state index is 0.527. The third kappa shape index (κ3) is 4.80. The third-order valence-corrected chi connectivity index (χ3v) is 2.66. The smallest absolute Gasteiger partial charge is 0.357 e. The van der Waals surface area contributed by atoms with Crippen LogP contribution in [0.4, 0.5) is 5.69 Å². The summed E-state index contributed by atoms with van der Waals surface area (Å²) >= 11 is 0. The average molecular weight is 298 g/mol. The van der Waals surface area contributed by atoms with E-state index in [1.54, 1.807) is 30.3 Å². The number of para-hydroxylation sites is 1. The van der Waals surface area contributed by atoms with Crippen LogP contribution in [-0.4, -0.2) is 64.1 Å². The Hall–Kier alpha value is -2.00. The van der Waals surface area contributed by atoms with Gasteiger partial charge in [0, 0.05) is 0 Å². The fraction of sp³-hybridized carbons (Fsp3) is 0.385. The number of aliphatic hydroxyl groups excluding tert-OH is 4. The van der Waals surface area contributed by atoms with E-state index in [0.29, 0.717) is 5.69 Å². The first kappa shape index (κ1) is 17.1.